The number of hydrogen-bond acceptors (Lipinski definition) is 2. The van der Waals surface area contributed by atoms with Gasteiger partial charge in [-0.1, -0.05) is 66.5 Å². The number of carboxylic acid groups (broad SMARTS) is 1. The van der Waals surface area contributed by atoms with Gasteiger partial charge < -0.3 is 10.2 Å². The van der Waals surface area contributed by atoms with Crippen LogP contribution < -0.4 is 0 Å². The lowest BCUT2D eigenvalue weighted by molar-refractivity contribution is -0.257. The first-order valence-electron chi connectivity index (χ1n) is 15.8. The number of aliphatic carboxylic acids is 1. The molecule has 0 radical (unpaired) electrons. The summed E-state index contributed by atoms with van der Waals surface area (Å²) in [7, 11) is 0. The van der Waals surface area contributed by atoms with Crippen molar-refractivity contribution in [3.63, 3.8) is 0 Å². The fourth-order valence-corrected chi connectivity index (χ4v) is 12.6. The van der Waals surface area contributed by atoms with Crippen molar-refractivity contribution in [3.05, 3.63) is 12.2 Å². The first-order chi connectivity index (χ1) is 17.2. The van der Waals surface area contributed by atoms with Gasteiger partial charge >= 0.3 is 5.97 Å². The number of fused-ring (bicyclic) bond motifs is 7. The molecule has 5 fully saturated rings. The van der Waals surface area contributed by atoms with Crippen molar-refractivity contribution in [1.82, 2.24) is 0 Å². The SMILES string of the molecule is C=C(C)[C@@H]1CC[C@]2(C(=O)O)C(CCCC)C[C@]3(C)[C@H](CC[C@@H]4[C@@]5(C)CC[C@H](O)C(C)(C)[C@@H]5CC[C@]43C)[C@@H]12. The summed E-state index contributed by atoms with van der Waals surface area (Å²) in [5.41, 5.74) is 1.26. The van der Waals surface area contributed by atoms with E-state index in [1.165, 1.54) is 31.3 Å². The monoisotopic (exact) mass is 512 g/mol. The smallest absolute Gasteiger partial charge is 0.310 e. The van der Waals surface area contributed by atoms with Gasteiger partial charge in [0.1, 0.15) is 0 Å². The van der Waals surface area contributed by atoms with Crippen LogP contribution in [-0.4, -0.2) is 22.3 Å². The number of hydrogen-bond donors (Lipinski definition) is 2. The minimum Gasteiger partial charge on any atom is -0.481 e. The molecule has 3 heteroatoms. The Morgan fingerprint density at radius 3 is 2.24 bits per heavy atom. The summed E-state index contributed by atoms with van der Waals surface area (Å²) in [6.07, 6.45) is 13.0. The van der Waals surface area contributed by atoms with Gasteiger partial charge in [-0.15, -0.1) is 0 Å². The summed E-state index contributed by atoms with van der Waals surface area (Å²) < 4.78 is 0. The van der Waals surface area contributed by atoms with Gasteiger partial charge in [-0.2, -0.15) is 0 Å². The second-order valence-electron chi connectivity index (χ2n) is 16.0. The highest BCUT2D eigenvalue weighted by Crippen LogP contribution is 2.78. The third-order valence-corrected chi connectivity index (χ3v) is 14.6. The number of carboxylic acids is 1. The van der Waals surface area contributed by atoms with E-state index in [2.05, 4.69) is 55.0 Å². The molecule has 0 aromatic carbocycles. The Bertz CT molecular complexity index is 937. The Kier molecular flexibility index (Phi) is 6.62. The fraction of sp³-hybridized carbons (Fsp3) is 0.912. The van der Waals surface area contributed by atoms with Crippen molar-refractivity contribution < 1.29 is 15.0 Å². The summed E-state index contributed by atoms with van der Waals surface area (Å²) in [5, 5.41) is 22.0. The fourth-order valence-electron chi connectivity index (χ4n) is 12.6. The maximum atomic E-state index is 13.3. The Balaban J connectivity index is 1.61. The standard InChI is InChI=1S/C34H56O3/c1-9-10-11-22-20-33(8)24(28-23(21(2)3)14-19-34(22,28)29(36)37)12-13-26-31(6)17-16-27(35)30(4,5)25(31)15-18-32(26,33)7/h22-28,35H,2,9-20H2,1,3-8H3,(H,36,37)/t22?,23-,24+,25-,26+,27-,28+,31-,32+,33+,34-/m0/s1. The molecule has 2 N–H and O–H groups in total. The molecule has 5 rings (SSSR count). The van der Waals surface area contributed by atoms with Gasteiger partial charge in [-0.05, 0) is 128 Å². The zero-order valence-electron chi connectivity index (χ0n) is 25.0. The zero-order chi connectivity index (χ0) is 27.2. The van der Waals surface area contributed by atoms with Crippen LogP contribution in [0.25, 0.3) is 0 Å². The summed E-state index contributed by atoms with van der Waals surface area (Å²) >= 11 is 0. The molecule has 11 atom stereocenters. The molecule has 0 aromatic rings. The molecule has 0 bridgehead atoms. The average Bonchev–Trinajstić information content (AvgIpc) is 3.23. The van der Waals surface area contributed by atoms with E-state index < -0.39 is 11.4 Å². The first kappa shape index (κ1) is 27.7. The Morgan fingerprint density at radius 2 is 1.62 bits per heavy atom. The van der Waals surface area contributed by atoms with Crippen molar-refractivity contribution in [2.75, 3.05) is 0 Å². The van der Waals surface area contributed by atoms with E-state index >= 15 is 0 Å². The highest BCUT2D eigenvalue weighted by molar-refractivity contribution is 5.76. The van der Waals surface area contributed by atoms with Crippen LogP contribution in [-0.2, 0) is 4.79 Å². The lowest BCUT2D eigenvalue weighted by Crippen LogP contribution is -2.68. The van der Waals surface area contributed by atoms with Crippen LogP contribution in [0.2, 0.25) is 0 Å². The molecule has 5 aliphatic rings. The number of unbranched alkanes of at least 4 members (excludes halogenated alkanes) is 1. The van der Waals surface area contributed by atoms with E-state index in [9.17, 15) is 15.0 Å². The largest absolute Gasteiger partial charge is 0.481 e. The highest BCUT2D eigenvalue weighted by Gasteiger charge is 2.73. The summed E-state index contributed by atoms with van der Waals surface area (Å²) in [6, 6.07) is 0. The molecule has 210 valence electrons. The molecule has 1 unspecified atom stereocenters. The van der Waals surface area contributed by atoms with Crippen LogP contribution in [0, 0.1) is 62.6 Å². The molecule has 37 heavy (non-hydrogen) atoms. The molecule has 3 nitrogen and oxygen atoms in total. The number of allylic oxidation sites excluding steroid dienone is 1. The zero-order valence-corrected chi connectivity index (χ0v) is 25.0. The van der Waals surface area contributed by atoms with Gasteiger partial charge in [-0.3, -0.25) is 4.79 Å². The molecular weight excluding hydrogens is 456 g/mol. The normalized spacial score (nSPS) is 52.4. The van der Waals surface area contributed by atoms with Crippen molar-refractivity contribution >= 4 is 5.97 Å². The maximum Gasteiger partial charge on any atom is 0.310 e. The summed E-state index contributed by atoms with van der Waals surface area (Å²) in [4.78, 5) is 13.3. The number of carbonyl (C=O) groups is 1. The van der Waals surface area contributed by atoms with Crippen LogP contribution in [0.1, 0.15) is 126 Å². The third-order valence-electron chi connectivity index (χ3n) is 14.6. The van der Waals surface area contributed by atoms with Crippen molar-refractivity contribution in [3.8, 4) is 0 Å². The van der Waals surface area contributed by atoms with Gasteiger partial charge in [-0.25, -0.2) is 0 Å². The quantitative estimate of drug-likeness (QED) is 0.363. The van der Waals surface area contributed by atoms with Gasteiger partial charge in [0.05, 0.1) is 11.5 Å². The van der Waals surface area contributed by atoms with E-state index in [0.717, 1.165) is 51.4 Å². The number of aliphatic hydroxyl groups excluding tert-OH is 1. The minimum absolute atomic E-state index is 0.0305. The molecular formula is C34H56O3. The van der Waals surface area contributed by atoms with E-state index in [4.69, 9.17) is 0 Å². The molecule has 0 aliphatic heterocycles. The lowest BCUT2D eigenvalue weighted by atomic mass is 9.31. The van der Waals surface area contributed by atoms with Crippen molar-refractivity contribution in [2.24, 2.45) is 62.6 Å². The van der Waals surface area contributed by atoms with Gasteiger partial charge in [0, 0.05) is 0 Å². The lowest BCUT2D eigenvalue weighted by Gasteiger charge is -2.73. The summed E-state index contributed by atoms with van der Waals surface area (Å²) in [5.74, 6) is 2.03. The van der Waals surface area contributed by atoms with E-state index in [1.807, 2.05) is 0 Å². The van der Waals surface area contributed by atoms with E-state index in [-0.39, 0.29) is 39.6 Å². The second-order valence-corrected chi connectivity index (χ2v) is 16.0. The Morgan fingerprint density at radius 1 is 0.919 bits per heavy atom. The maximum absolute atomic E-state index is 13.3. The van der Waals surface area contributed by atoms with Crippen LogP contribution in [0.5, 0.6) is 0 Å². The average molecular weight is 513 g/mol. The Hall–Kier alpha value is -0.830. The van der Waals surface area contributed by atoms with Crippen molar-refractivity contribution in [1.29, 1.82) is 0 Å². The molecule has 0 spiro atoms. The van der Waals surface area contributed by atoms with Gasteiger partial charge in [0.25, 0.3) is 0 Å². The summed E-state index contributed by atoms with van der Waals surface area (Å²) in [6.45, 7) is 21.4. The van der Waals surface area contributed by atoms with Crippen LogP contribution in [0.15, 0.2) is 12.2 Å². The molecule has 0 amide bonds. The van der Waals surface area contributed by atoms with Crippen molar-refractivity contribution in [2.45, 2.75) is 132 Å². The number of aliphatic hydroxyl groups is 1. The van der Waals surface area contributed by atoms with Crippen LogP contribution >= 0.6 is 0 Å². The van der Waals surface area contributed by atoms with Gasteiger partial charge in [0.2, 0.25) is 0 Å². The Labute approximate surface area is 227 Å². The highest BCUT2D eigenvalue weighted by atomic mass is 16.4. The predicted molar refractivity (Wildman–Crippen MR) is 151 cm³/mol. The minimum atomic E-state index is -0.565. The molecule has 5 aliphatic carbocycles. The third kappa shape index (κ3) is 3.43. The predicted octanol–water partition coefficient (Wildman–Crippen LogP) is 8.51. The first-order valence-corrected chi connectivity index (χ1v) is 15.8. The van der Waals surface area contributed by atoms with E-state index in [0.29, 0.717) is 23.7 Å². The molecule has 0 heterocycles. The van der Waals surface area contributed by atoms with Crippen LogP contribution in [0.3, 0.4) is 0 Å². The van der Waals surface area contributed by atoms with E-state index in [1.54, 1.807) is 0 Å². The molecule has 0 aromatic heterocycles. The number of rotatable bonds is 5. The molecule has 0 saturated heterocycles. The molecule has 5 saturated carbocycles. The topological polar surface area (TPSA) is 57.5 Å². The van der Waals surface area contributed by atoms with Gasteiger partial charge in [0.15, 0.2) is 0 Å². The second kappa shape index (κ2) is 8.84. The van der Waals surface area contributed by atoms with Crippen LogP contribution in [0.4, 0.5) is 0 Å².